The second kappa shape index (κ2) is 9.82. The third-order valence-corrected chi connectivity index (χ3v) is 5.83. The Hall–Kier alpha value is -3.08. The predicted molar refractivity (Wildman–Crippen MR) is 119 cm³/mol. The van der Waals surface area contributed by atoms with E-state index >= 15 is 0 Å². The molecule has 174 valence electrons. The van der Waals surface area contributed by atoms with Gasteiger partial charge in [0.15, 0.2) is 11.5 Å². The maximum atomic E-state index is 13.7. The molecule has 2 aliphatic heterocycles. The van der Waals surface area contributed by atoms with Crippen molar-refractivity contribution >= 4 is 11.0 Å². The van der Waals surface area contributed by atoms with Crippen LogP contribution >= 0.6 is 0 Å². The number of pyridine rings is 3. The summed E-state index contributed by atoms with van der Waals surface area (Å²) in [6, 6.07) is 6.36. The molecule has 0 bridgehead atoms. The van der Waals surface area contributed by atoms with E-state index in [0.29, 0.717) is 62.8 Å². The van der Waals surface area contributed by atoms with Gasteiger partial charge >= 0.3 is 0 Å². The van der Waals surface area contributed by atoms with E-state index in [4.69, 9.17) is 14.2 Å². The van der Waals surface area contributed by atoms with E-state index in [2.05, 4.69) is 20.2 Å². The van der Waals surface area contributed by atoms with Crippen LogP contribution in [0.15, 0.2) is 41.5 Å². The zero-order valence-electron chi connectivity index (χ0n) is 18.2. The molecule has 0 unspecified atom stereocenters. The number of halogens is 1. The molecule has 1 fully saturated rings. The Labute approximate surface area is 190 Å². The normalized spacial score (nSPS) is 18.5. The number of aromatic nitrogens is 3. The molecule has 0 spiro atoms. The summed E-state index contributed by atoms with van der Waals surface area (Å²) < 4.78 is 32.3. The fourth-order valence-corrected chi connectivity index (χ4v) is 4.17. The molecule has 2 aliphatic rings. The first kappa shape index (κ1) is 21.7. The molecule has 3 aromatic rings. The van der Waals surface area contributed by atoms with Crippen LogP contribution in [0.1, 0.15) is 5.69 Å². The molecule has 0 radical (unpaired) electrons. The standard InChI is InChI=1S/C23H26FN5O4/c24-16-9-20-19(27-11-16)1-2-23(30)29(20)4-3-28-5-6-31-18(15-28)13-25-12-17-10-21-22(14-26-17)33-8-7-32-21/h1-2,9-11,14,18,25H,3-8,12-13,15H2/t18-/m0/s1. The summed E-state index contributed by atoms with van der Waals surface area (Å²) in [6.07, 6.45) is 2.89. The largest absolute Gasteiger partial charge is 0.486 e. The minimum Gasteiger partial charge on any atom is -0.486 e. The summed E-state index contributed by atoms with van der Waals surface area (Å²) >= 11 is 0. The molecule has 1 N–H and O–H groups in total. The molecule has 1 atom stereocenters. The van der Waals surface area contributed by atoms with Gasteiger partial charge in [-0.05, 0) is 6.07 Å². The summed E-state index contributed by atoms with van der Waals surface area (Å²) in [5.74, 6) is 0.957. The predicted octanol–water partition coefficient (Wildman–Crippen LogP) is 1.19. The fourth-order valence-electron chi connectivity index (χ4n) is 4.17. The van der Waals surface area contributed by atoms with Crippen molar-refractivity contribution in [1.82, 2.24) is 24.8 Å². The van der Waals surface area contributed by atoms with Crippen molar-refractivity contribution in [2.75, 3.05) is 46.0 Å². The molecular formula is C23H26FN5O4. The minimum atomic E-state index is -0.452. The second-order valence-electron chi connectivity index (χ2n) is 8.12. The van der Waals surface area contributed by atoms with E-state index in [0.717, 1.165) is 30.7 Å². The van der Waals surface area contributed by atoms with Gasteiger partial charge in [0, 0.05) is 57.5 Å². The Morgan fingerprint density at radius 1 is 1.06 bits per heavy atom. The first-order valence-corrected chi connectivity index (χ1v) is 11.1. The molecule has 0 saturated carbocycles. The van der Waals surface area contributed by atoms with Crippen molar-refractivity contribution in [3.63, 3.8) is 0 Å². The number of morpholine rings is 1. The van der Waals surface area contributed by atoms with Crippen LogP contribution in [0, 0.1) is 5.82 Å². The molecule has 10 heteroatoms. The van der Waals surface area contributed by atoms with E-state index < -0.39 is 5.82 Å². The summed E-state index contributed by atoms with van der Waals surface area (Å²) in [6.45, 7) is 5.64. The Balaban J connectivity index is 1.14. The molecule has 3 aromatic heterocycles. The Kier molecular flexibility index (Phi) is 6.47. The molecular weight excluding hydrogens is 429 g/mol. The highest BCUT2D eigenvalue weighted by atomic mass is 19.1. The molecule has 5 heterocycles. The van der Waals surface area contributed by atoms with Gasteiger partial charge in [0.05, 0.1) is 41.8 Å². The van der Waals surface area contributed by atoms with Gasteiger partial charge < -0.3 is 24.1 Å². The summed E-state index contributed by atoms with van der Waals surface area (Å²) in [7, 11) is 0. The molecule has 1 saturated heterocycles. The topological polar surface area (TPSA) is 90.7 Å². The van der Waals surface area contributed by atoms with Crippen molar-refractivity contribution in [2.24, 2.45) is 0 Å². The number of nitrogens with one attached hydrogen (secondary N) is 1. The van der Waals surface area contributed by atoms with E-state index in [1.165, 1.54) is 12.1 Å². The molecule has 0 aromatic carbocycles. The highest BCUT2D eigenvalue weighted by Gasteiger charge is 2.21. The highest BCUT2D eigenvalue weighted by molar-refractivity contribution is 5.74. The smallest absolute Gasteiger partial charge is 0.251 e. The molecule has 9 nitrogen and oxygen atoms in total. The summed E-state index contributed by atoms with van der Waals surface area (Å²) in [5.41, 5.74) is 1.84. The van der Waals surface area contributed by atoms with Crippen LogP contribution in [-0.2, 0) is 17.8 Å². The molecule has 33 heavy (non-hydrogen) atoms. The van der Waals surface area contributed by atoms with Crippen LogP contribution in [0.4, 0.5) is 4.39 Å². The van der Waals surface area contributed by atoms with Crippen molar-refractivity contribution in [3.8, 4) is 11.5 Å². The SMILES string of the molecule is O=c1ccc2ncc(F)cc2n1CCN1CCO[C@@H](CNCc2cc3c(cn2)OCCO3)C1. The highest BCUT2D eigenvalue weighted by Crippen LogP contribution is 2.29. The van der Waals surface area contributed by atoms with Gasteiger partial charge in [0.2, 0.25) is 0 Å². The quantitative estimate of drug-likeness (QED) is 0.568. The van der Waals surface area contributed by atoms with Gasteiger partial charge in [-0.2, -0.15) is 0 Å². The Morgan fingerprint density at radius 3 is 2.85 bits per heavy atom. The number of fused-ring (bicyclic) bond motifs is 2. The lowest BCUT2D eigenvalue weighted by Crippen LogP contribution is -2.47. The zero-order chi connectivity index (χ0) is 22.6. The Morgan fingerprint density at radius 2 is 1.94 bits per heavy atom. The lowest BCUT2D eigenvalue weighted by molar-refractivity contribution is -0.0280. The van der Waals surface area contributed by atoms with Gasteiger partial charge in [-0.3, -0.25) is 19.7 Å². The average molecular weight is 455 g/mol. The van der Waals surface area contributed by atoms with Crippen LogP contribution in [-0.4, -0.2) is 71.5 Å². The van der Waals surface area contributed by atoms with E-state index in [1.54, 1.807) is 16.8 Å². The van der Waals surface area contributed by atoms with Crippen LogP contribution in [0.5, 0.6) is 11.5 Å². The van der Waals surface area contributed by atoms with Crippen LogP contribution in [0.2, 0.25) is 0 Å². The van der Waals surface area contributed by atoms with Gasteiger partial charge in [-0.1, -0.05) is 0 Å². The monoisotopic (exact) mass is 455 g/mol. The lowest BCUT2D eigenvalue weighted by atomic mass is 10.2. The third kappa shape index (κ3) is 5.13. The second-order valence-corrected chi connectivity index (χ2v) is 8.12. The van der Waals surface area contributed by atoms with Gasteiger partial charge in [-0.15, -0.1) is 0 Å². The third-order valence-electron chi connectivity index (χ3n) is 5.83. The first-order chi connectivity index (χ1) is 16.2. The first-order valence-electron chi connectivity index (χ1n) is 11.1. The van der Waals surface area contributed by atoms with E-state index in [-0.39, 0.29) is 11.7 Å². The summed E-state index contributed by atoms with van der Waals surface area (Å²) in [4.78, 5) is 23.1. The number of nitrogens with zero attached hydrogens (tertiary/aromatic N) is 4. The minimum absolute atomic E-state index is 0.0271. The maximum Gasteiger partial charge on any atom is 0.251 e. The number of hydrogen-bond donors (Lipinski definition) is 1. The molecule has 0 aliphatic carbocycles. The maximum absolute atomic E-state index is 13.7. The van der Waals surface area contributed by atoms with Crippen molar-refractivity contribution < 1.29 is 18.6 Å². The average Bonchev–Trinajstić information content (AvgIpc) is 2.83. The van der Waals surface area contributed by atoms with E-state index in [9.17, 15) is 9.18 Å². The summed E-state index contributed by atoms with van der Waals surface area (Å²) in [5, 5.41) is 3.40. The number of ether oxygens (including phenoxy) is 3. The van der Waals surface area contributed by atoms with Crippen molar-refractivity contribution in [1.29, 1.82) is 0 Å². The molecule has 0 amide bonds. The zero-order valence-corrected chi connectivity index (χ0v) is 18.2. The van der Waals surface area contributed by atoms with E-state index in [1.807, 2.05) is 6.07 Å². The van der Waals surface area contributed by atoms with Crippen LogP contribution in [0.3, 0.4) is 0 Å². The van der Waals surface area contributed by atoms with Gasteiger partial charge in [0.1, 0.15) is 19.0 Å². The van der Waals surface area contributed by atoms with Crippen molar-refractivity contribution in [2.45, 2.75) is 19.2 Å². The van der Waals surface area contributed by atoms with Gasteiger partial charge in [-0.25, -0.2) is 4.39 Å². The fraction of sp³-hybridized carbons (Fsp3) is 0.435. The molecule has 5 rings (SSSR count). The van der Waals surface area contributed by atoms with Crippen molar-refractivity contribution in [3.05, 3.63) is 58.5 Å². The number of hydrogen-bond acceptors (Lipinski definition) is 8. The van der Waals surface area contributed by atoms with Crippen LogP contribution in [0.25, 0.3) is 11.0 Å². The lowest BCUT2D eigenvalue weighted by Gasteiger charge is -2.33. The van der Waals surface area contributed by atoms with Gasteiger partial charge in [0.25, 0.3) is 5.56 Å². The van der Waals surface area contributed by atoms with Crippen LogP contribution < -0.4 is 20.3 Å². The Bertz CT molecular complexity index is 1190. The number of rotatable bonds is 7.